The summed E-state index contributed by atoms with van der Waals surface area (Å²) in [6, 6.07) is 7.13. The van der Waals surface area contributed by atoms with Crippen molar-refractivity contribution in [2.75, 3.05) is 13.1 Å². The van der Waals surface area contributed by atoms with Crippen LogP contribution in [0.5, 0.6) is 5.75 Å². The van der Waals surface area contributed by atoms with E-state index in [1.807, 2.05) is 0 Å². The van der Waals surface area contributed by atoms with Gasteiger partial charge in [-0.1, -0.05) is 0 Å². The summed E-state index contributed by atoms with van der Waals surface area (Å²) in [5, 5.41) is 13.7. The minimum atomic E-state index is -4.55. The molecule has 0 unspecified atom stereocenters. The topological polar surface area (TPSA) is 71.2 Å². The molecule has 0 atom stereocenters. The van der Waals surface area contributed by atoms with Crippen LogP contribution in [0.1, 0.15) is 34.9 Å². The van der Waals surface area contributed by atoms with E-state index in [0.717, 1.165) is 28.9 Å². The molecule has 1 amide bonds. The average Bonchev–Trinajstić information content (AvgIpc) is 3.14. The van der Waals surface area contributed by atoms with Gasteiger partial charge in [0.1, 0.15) is 17.3 Å². The smallest absolute Gasteiger partial charge is 0.433 e. The summed E-state index contributed by atoms with van der Waals surface area (Å²) in [7, 11) is 0. The van der Waals surface area contributed by atoms with Crippen molar-refractivity contribution in [2.45, 2.75) is 25.1 Å². The van der Waals surface area contributed by atoms with Crippen LogP contribution in [-0.2, 0) is 6.18 Å². The zero-order valence-electron chi connectivity index (χ0n) is 16.7. The van der Waals surface area contributed by atoms with Gasteiger partial charge in [0.05, 0.1) is 17.3 Å². The third kappa shape index (κ3) is 3.39. The second-order valence-electron chi connectivity index (χ2n) is 8.49. The quantitative estimate of drug-likeness (QED) is 0.610. The number of benzene rings is 1. The van der Waals surface area contributed by atoms with Crippen molar-refractivity contribution in [3.63, 3.8) is 0 Å². The molecule has 2 aromatic heterocycles. The minimum Gasteiger partial charge on any atom is -0.508 e. The second-order valence-corrected chi connectivity index (χ2v) is 8.49. The van der Waals surface area contributed by atoms with Crippen LogP contribution in [0.2, 0.25) is 0 Å². The van der Waals surface area contributed by atoms with E-state index in [1.165, 1.54) is 17.3 Å². The fourth-order valence-electron chi connectivity index (χ4n) is 4.67. The zero-order valence-corrected chi connectivity index (χ0v) is 16.7. The van der Waals surface area contributed by atoms with Gasteiger partial charge in [0.25, 0.3) is 5.91 Å². The summed E-state index contributed by atoms with van der Waals surface area (Å²) >= 11 is 0. The number of amides is 1. The number of phenols is 1. The molecule has 1 saturated heterocycles. The SMILES string of the molecule is O=C(c1cc(O)ccc1F)N1CC2(CC(n3nc(-c4cccnc4)cc3C(F)(F)F)C2)C1. The highest BCUT2D eigenvalue weighted by Crippen LogP contribution is 2.55. The number of carbonyl (C=O) groups is 1. The zero-order chi connectivity index (χ0) is 22.7. The van der Waals surface area contributed by atoms with Gasteiger partial charge < -0.3 is 10.0 Å². The number of halogens is 4. The summed E-state index contributed by atoms with van der Waals surface area (Å²) < 4.78 is 55.8. The molecule has 1 saturated carbocycles. The van der Waals surface area contributed by atoms with Gasteiger partial charge in [-0.2, -0.15) is 18.3 Å². The molecule has 1 spiro atoms. The summed E-state index contributed by atoms with van der Waals surface area (Å²) in [6.07, 6.45) is -0.671. The van der Waals surface area contributed by atoms with Crippen molar-refractivity contribution >= 4 is 5.91 Å². The fraction of sp³-hybridized carbons (Fsp3) is 0.318. The first-order chi connectivity index (χ1) is 15.2. The van der Waals surface area contributed by atoms with E-state index < -0.39 is 29.6 Å². The summed E-state index contributed by atoms with van der Waals surface area (Å²) in [5.74, 6) is -1.48. The van der Waals surface area contributed by atoms with E-state index >= 15 is 0 Å². The number of rotatable bonds is 3. The lowest BCUT2D eigenvalue weighted by molar-refractivity contribution is -0.149. The van der Waals surface area contributed by atoms with Gasteiger partial charge in [-0.25, -0.2) is 4.39 Å². The van der Waals surface area contributed by atoms with Gasteiger partial charge in [0, 0.05) is 36.5 Å². The Morgan fingerprint density at radius 2 is 1.91 bits per heavy atom. The van der Waals surface area contributed by atoms with Gasteiger partial charge in [-0.15, -0.1) is 0 Å². The Morgan fingerprint density at radius 1 is 1.16 bits per heavy atom. The number of carbonyl (C=O) groups excluding carboxylic acids is 1. The molecule has 32 heavy (non-hydrogen) atoms. The minimum absolute atomic E-state index is 0.205. The molecule has 5 rings (SSSR count). The lowest BCUT2D eigenvalue weighted by Crippen LogP contribution is -2.64. The first kappa shape index (κ1) is 20.5. The number of phenolic OH excluding ortho intramolecular Hbond substituents is 1. The van der Waals surface area contributed by atoms with Gasteiger partial charge in [-0.05, 0) is 49.2 Å². The van der Waals surface area contributed by atoms with Crippen LogP contribution in [0.3, 0.4) is 0 Å². The van der Waals surface area contributed by atoms with Gasteiger partial charge >= 0.3 is 6.18 Å². The second kappa shape index (κ2) is 7.04. The van der Waals surface area contributed by atoms with E-state index in [4.69, 9.17) is 0 Å². The van der Waals surface area contributed by atoms with E-state index in [1.54, 1.807) is 12.1 Å². The van der Waals surface area contributed by atoms with Crippen molar-refractivity contribution in [1.82, 2.24) is 19.7 Å². The van der Waals surface area contributed by atoms with Crippen LogP contribution in [0.25, 0.3) is 11.3 Å². The highest BCUT2D eigenvalue weighted by Gasteiger charge is 2.56. The molecule has 166 valence electrons. The van der Waals surface area contributed by atoms with Crippen LogP contribution >= 0.6 is 0 Å². The highest BCUT2D eigenvalue weighted by atomic mass is 19.4. The first-order valence-electron chi connectivity index (χ1n) is 10.0. The summed E-state index contributed by atoms with van der Waals surface area (Å²) in [6.45, 7) is 0.658. The maximum atomic E-state index is 13.9. The number of nitrogens with zero attached hydrogens (tertiary/aromatic N) is 4. The fourth-order valence-corrected chi connectivity index (χ4v) is 4.67. The van der Waals surface area contributed by atoms with Crippen molar-refractivity contribution in [3.8, 4) is 17.0 Å². The maximum absolute atomic E-state index is 13.9. The molecule has 6 nitrogen and oxygen atoms in total. The molecular weight excluding hydrogens is 428 g/mol. The molecule has 1 aliphatic heterocycles. The molecule has 10 heteroatoms. The van der Waals surface area contributed by atoms with Gasteiger partial charge in [0.15, 0.2) is 0 Å². The lowest BCUT2D eigenvalue weighted by atomic mass is 9.60. The standard InChI is InChI=1S/C22H18F4N4O2/c23-17-4-3-15(31)6-16(17)20(32)29-11-21(12-29)8-14(9-21)30-19(22(24,25)26)7-18(28-30)13-2-1-5-27-10-13/h1-7,10,14,31H,8-9,11-12H2. The number of alkyl halides is 3. The van der Waals surface area contributed by atoms with Crippen molar-refractivity contribution < 1.29 is 27.5 Å². The molecule has 1 N–H and O–H groups in total. The van der Waals surface area contributed by atoms with Crippen molar-refractivity contribution in [2.24, 2.45) is 5.41 Å². The Labute approximate surface area is 180 Å². The molecule has 3 aromatic rings. The molecule has 3 heterocycles. The Kier molecular flexibility index (Phi) is 4.51. The van der Waals surface area contributed by atoms with Crippen LogP contribution in [0.4, 0.5) is 17.6 Å². The van der Waals surface area contributed by atoms with Crippen LogP contribution < -0.4 is 0 Å². The molecule has 1 aromatic carbocycles. The third-order valence-electron chi connectivity index (χ3n) is 6.19. The normalized spacial score (nSPS) is 17.8. The third-order valence-corrected chi connectivity index (χ3v) is 6.19. The summed E-state index contributed by atoms with van der Waals surface area (Å²) in [5.41, 5.74) is -0.624. The van der Waals surface area contributed by atoms with E-state index in [2.05, 4.69) is 10.1 Å². The summed E-state index contributed by atoms with van der Waals surface area (Å²) in [4.78, 5) is 17.9. The lowest BCUT2D eigenvalue weighted by Gasteiger charge is -2.59. The number of hydrogen-bond donors (Lipinski definition) is 1. The molecule has 2 fully saturated rings. The number of pyridine rings is 1. The Balaban J connectivity index is 1.30. The van der Waals surface area contributed by atoms with Crippen LogP contribution in [0, 0.1) is 11.2 Å². The monoisotopic (exact) mass is 446 g/mol. The van der Waals surface area contributed by atoms with E-state index in [9.17, 15) is 27.5 Å². The van der Waals surface area contributed by atoms with Gasteiger partial charge in [-0.3, -0.25) is 14.5 Å². The van der Waals surface area contributed by atoms with E-state index in [0.29, 0.717) is 31.5 Å². The first-order valence-corrected chi connectivity index (χ1v) is 10.0. The Bertz CT molecular complexity index is 1180. The number of aromatic nitrogens is 3. The molecular formula is C22H18F4N4O2. The number of aromatic hydroxyl groups is 1. The van der Waals surface area contributed by atoms with Crippen molar-refractivity contribution in [1.29, 1.82) is 0 Å². The van der Waals surface area contributed by atoms with Gasteiger partial charge in [0.2, 0.25) is 0 Å². The van der Waals surface area contributed by atoms with E-state index in [-0.39, 0.29) is 22.4 Å². The largest absolute Gasteiger partial charge is 0.508 e. The highest BCUT2D eigenvalue weighted by molar-refractivity contribution is 5.95. The average molecular weight is 446 g/mol. The molecule has 1 aliphatic carbocycles. The molecule has 0 radical (unpaired) electrons. The molecule has 0 bridgehead atoms. The molecule has 2 aliphatic rings. The predicted octanol–water partition coefficient (Wildman–Crippen LogP) is 4.29. The predicted molar refractivity (Wildman–Crippen MR) is 105 cm³/mol. The van der Waals surface area contributed by atoms with Crippen molar-refractivity contribution in [3.05, 3.63) is 65.9 Å². The number of hydrogen-bond acceptors (Lipinski definition) is 4. The Hall–Kier alpha value is -3.43. The van der Waals surface area contributed by atoms with Crippen LogP contribution in [0.15, 0.2) is 48.8 Å². The Morgan fingerprint density at radius 3 is 2.56 bits per heavy atom. The number of likely N-dealkylation sites (tertiary alicyclic amines) is 1. The van der Waals surface area contributed by atoms with Crippen LogP contribution in [-0.4, -0.2) is 43.8 Å². The maximum Gasteiger partial charge on any atom is 0.433 e.